The predicted molar refractivity (Wildman–Crippen MR) is 165 cm³/mol. The van der Waals surface area contributed by atoms with Gasteiger partial charge in [-0.3, -0.25) is 14.4 Å². The topological polar surface area (TPSA) is 103 Å². The van der Waals surface area contributed by atoms with E-state index < -0.39 is 17.6 Å². The van der Waals surface area contributed by atoms with E-state index in [4.69, 9.17) is 14.2 Å². The van der Waals surface area contributed by atoms with Gasteiger partial charge in [0.1, 0.15) is 17.3 Å². The van der Waals surface area contributed by atoms with Crippen LogP contribution in [0.5, 0.6) is 17.2 Å². The van der Waals surface area contributed by atoms with Crippen molar-refractivity contribution in [3.8, 4) is 17.2 Å². The number of anilines is 1. The smallest absolute Gasteiger partial charge is 0.272 e. The molecule has 8 nitrogen and oxygen atoms in total. The van der Waals surface area contributed by atoms with Gasteiger partial charge in [-0.1, -0.05) is 18.2 Å². The Morgan fingerprint density at radius 2 is 1.40 bits per heavy atom. The Kier molecular flexibility index (Phi) is 10.5. The molecule has 0 radical (unpaired) electrons. The molecule has 0 bridgehead atoms. The van der Waals surface area contributed by atoms with Gasteiger partial charge in [-0.15, -0.1) is 11.8 Å². The molecular formula is C33H29FN2O6S. The van der Waals surface area contributed by atoms with Crippen molar-refractivity contribution in [2.75, 3.05) is 32.4 Å². The highest BCUT2D eigenvalue weighted by molar-refractivity contribution is 8.00. The van der Waals surface area contributed by atoms with Crippen molar-refractivity contribution >= 4 is 41.1 Å². The quantitative estimate of drug-likeness (QED) is 0.113. The Hall–Kier alpha value is -5.09. The minimum Gasteiger partial charge on any atom is -0.496 e. The first kappa shape index (κ1) is 30.9. The number of nitrogens with one attached hydrogen (secondary N) is 2. The van der Waals surface area contributed by atoms with Crippen LogP contribution < -0.4 is 24.8 Å². The second-order valence-corrected chi connectivity index (χ2v) is 10.1. The van der Waals surface area contributed by atoms with Gasteiger partial charge in [0.2, 0.25) is 0 Å². The average molecular weight is 601 g/mol. The monoisotopic (exact) mass is 600 g/mol. The highest BCUT2D eigenvalue weighted by Gasteiger charge is 2.18. The molecule has 0 heterocycles. The van der Waals surface area contributed by atoms with Crippen LogP contribution in [-0.4, -0.2) is 44.7 Å². The average Bonchev–Trinajstić information content (AvgIpc) is 3.04. The zero-order valence-corrected chi connectivity index (χ0v) is 24.5. The van der Waals surface area contributed by atoms with E-state index in [1.807, 2.05) is 0 Å². The number of hydrogen-bond donors (Lipinski definition) is 2. The van der Waals surface area contributed by atoms with Gasteiger partial charge in [0.15, 0.2) is 17.3 Å². The van der Waals surface area contributed by atoms with Crippen LogP contribution in [0.15, 0.2) is 102 Å². The number of methoxy groups -OCH3 is 3. The number of carbonyl (C=O) groups is 3. The summed E-state index contributed by atoms with van der Waals surface area (Å²) >= 11 is 1.32. The highest BCUT2D eigenvalue weighted by atomic mass is 32.2. The largest absolute Gasteiger partial charge is 0.496 e. The van der Waals surface area contributed by atoms with Crippen LogP contribution >= 0.6 is 11.8 Å². The molecule has 2 amide bonds. The maximum Gasteiger partial charge on any atom is 0.272 e. The number of benzene rings is 4. The third-order valence-corrected chi connectivity index (χ3v) is 7.22. The Bertz CT molecular complexity index is 1620. The van der Waals surface area contributed by atoms with Crippen molar-refractivity contribution in [2.45, 2.75) is 4.90 Å². The Labute approximate surface area is 252 Å². The van der Waals surface area contributed by atoms with Crippen LogP contribution in [0.3, 0.4) is 0 Å². The fourth-order valence-corrected chi connectivity index (χ4v) is 4.76. The van der Waals surface area contributed by atoms with Crippen LogP contribution in [0.1, 0.15) is 26.3 Å². The SMILES string of the molecule is COc1cc(OC)c(OC)cc1/C=C(\NC(=O)c1ccccc1)C(=O)Nc1ccc(SCC(=O)c2ccc(F)cc2)cc1. The van der Waals surface area contributed by atoms with Crippen molar-refractivity contribution < 1.29 is 33.0 Å². The van der Waals surface area contributed by atoms with E-state index in [-0.39, 0.29) is 17.2 Å². The standard InChI is InChI=1S/C33H29FN2O6S/c1-40-29-19-31(42-3)30(41-2)18-23(29)17-27(36-32(38)22-7-5-4-6-8-22)33(39)35-25-13-15-26(16-14-25)43-20-28(37)21-9-11-24(34)12-10-21/h4-19H,20H2,1-3H3,(H,35,39)(H,36,38)/b27-17-. The molecule has 0 saturated carbocycles. The number of amides is 2. The molecule has 0 fully saturated rings. The number of ether oxygens (including phenoxy) is 3. The van der Waals surface area contributed by atoms with Gasteiger partial charge in [0, 0.05) is 33.3 Å². The van der Waals surface area contributed by atoms with E-state index >= 15 is 0 Å². The van der Waals surface area contributed by atoms with Crippen LogP contribution in [0, 0.1) is 5.82 Å². The van der Waals surface area contributed by atoms with Gasteiger partial charge in [-0.2, -0.15) is 0 Å². The number of halogens is 1. The molecule has 4 aromatic rings. The number of Topliss-reactive ketones (excluding diaryl/α,β-unsaturated/α-hetero) is 1. The molecule has 0 saturated heterocycles. The van der Waals surface area contributed by atoms with E-state index in [1.165, 1.54) is 63.4 Å². The van der Waals surface area contributed by atoms with Gasteiger partial charge in [0.25, 0.3) is 11.8 Å². The van der Waals surface area contributed by atoms with Crippen molar-refractivity contribution in [1.82, 2.24) is 5.32 Å². The lowest BCUT2D eigenvalue weighted by Gasteiger charge is -2.15. The van der Waals surface area contributed by atoms with Crippen molar-refractivity contribution in [1.29, 1.82) is 0 Å². The van der Waals surface area contributed by atoms with Crippen LogP contribution in [0.2, 0.25) is 0 Å². The third-order valence-electron chi connectivity index (χ3n) is 6.21. The minimum absolute atomic E-state index is 0.0391. The summed E-state index contributed by atoms with van der Waals surface area (Å²) in [5.41, 5.74) is 1.70. The summed E-state index contributed by atoms with van der Waals surface area (Å²) in [5, 5.41) is 5.50. The van der Waals surface area contributed by atoms with Crippen molar-refractivity contribution in [3.63, 3.8) is 0 Å². The summed E-state index contributed by atoms with van der Waals surface area (Å²) in [6.45, 7) is 0. The van der Waals surface area contributed by atoms with Gasteiger partial charge in [-0.25, -0.2) is 4.39 Å². The lowest BCUT2D eigenvalue weighted by Crippen LogP contribution is -2.30. The second kappa shape index (κ2) is 14.7. The van der Waals surface area contributed by atoms with E-state index in [2.05, 4.69) is 10.6 Å². The molecule has 10 heteroatoms. The number of rotatable bonds is 12. The molecule has 0 aromatic heterocycles. The van der Waals surface area contributed by atoms with E-state index in [1.54, 1.807) is 66.7 Å². The summed E-state index contributed by atoms with van der Waals surface area (Å²) in [6.07, 6.45) is 1.49. The summed E-state index contributed by atoms with van der Waals surface area (Å²) in [6, 6.07) is 24.1. The first-order valence-corrected chi connectivity index (χ1v) is 14.0. The molecule has 0 aliphatic heterocycles. The molecular weight excluding hydrogens is 571 g/mol. The molecule has 220 valence electrons. The summed E-state index contributed by atoms with van der Waals surface area (Å²) in [7, 11) is 4.47. The fraction of sp³-hybridized carbons (Fsp3) is 0.121. The van der Waals surface area contributed by atoms with E-state index in [0.717, 1.165) is 4.90 Å². The van der Waals surface area contributed by atoms with Crippen molar-refractivity contribution in [3.05, 3.63) is 119 Å². The zero-order chi connectivity index (χ0) is 30.8. The van der Waals surface area contributed by atoms with Gasteiger partial charge >= 0.3 is 0 Å². The molecule has 0 aliphatic carbocycles. The maximum absolute atomic E-state index is 13.5. The summed E-state index contributed by atoms with van der Waals surface area (Å²) in [5.74, 6) is -0.161. The van der Waals surface area contributed by atoms with E-state index in [9.17, 15) is 18.8 Å². The predicted octanol–water partition coefficient (Wildman–Crippen LogP) is 6.24. The Morgan fingerprint density at radius 1 is 0.767 bits per heavy atom. The number of thioether (sulfide) groups is 1. The van der Waals surface area contributed by atoms with Crippen LogP contribution in [-0.2, 0) is 4.79 Å². The lowest BCUT2D eigenvalue weighted by molar-refractivity contribution is -0.113. The van der Waals surface area contributed by atoms with Crippen LogP contribution in [0.25, 0.3) is 6.08 Å². The summed E-state index contributed by atoms with van der Waals surface area (Å²) in [4.78, 5) is 39.7. The Morgan fingerprint density at radius 3 is 2.02 bits per heavy atom. The van der Waals surface area contributed by atoms with E-state index in [0.29, 0.717) is 39.6 Å². The molecule has 4 rings (SSSR count). The van der Waals surface area contributed by atoms with Crippen LogP contribution in [0.4, 0.5) is 10.1 Å². The zero-order valence-electron chi connectivity index (χ0n) is 23.7. The van der Waals surface area contributed by atoms with Gasteiger partial charge in [0.05, 0.1) is 27.1 Å². The number of hydrogen-bond acceptors (Lipinski definition) is 7. The highest BCUT2D eigenvalue weighted by Crippen LogP contribution is 2.35. The Balaban J connectivity index is 1.54. The third kappa shape index (κ3) is 8.23. The fourth-order valence-electron chi connectivity index (χ4n) is 3.96. The lowest BCUT2D eigenvalue weighted by atomic mass is 10.1. The first-order chi connectivity index (χ1) is 20.8. The maximum atomic E-state index is 13.5. The molecule has 0 spiro atoms. The number of carbonyl (C=O) groups excluding carboxylic acids is 3. The molecule has 0 unspecified atom stereocenters. The number of ketones is 1. The molecule has 0 aliphatic rings. The molecule has 4 aromatic carbocycles. The second-order valence-electron chi connectivity index (χ2n) is 9.02. The molecule has 43 heavy (non-hydrogen) atoms. The van der Waals surface area contributed by atoms with Gasteiger partial charge in [-0.05, 0) is 72.8 Å². The first-order valence-electron chi connectivity index (χ1n) is 13.0. The minimum atomic E-state index is -0.576. The molecule has 0 atom stereocenters. The van der Waals surface area contributed by atoms with Gasteiger partial charge < -0.3 is 24.8 Å². The van der Waals surface area contributed by atoms with Crippen molar-refractivity contribution in [2.24, 2.45) is 0 Å². The normalized spacial score (nSPS) is 10.9. The molecule has 2 N–H and O–H groups in total. The summed E-state index contributed by atoms with van der Waals surface area (Å²) < 4.78 is 29.4.